The van der Waals surface area contributed by atoms with E-state index in [1.807, 2.05) is 84.9 Å². The number of para-hydroxylation sites is 1. The number of benzene rings is 8. The number of rotatable bonds is 7. The predicted octanol–water partition coefficient (Wildman–Crippen LogP) is 13.1. The van der Waals surface area contributed by atoms with E-state index < -0.39 is 0 Å². The molecule has 10 rings (SSSR count). The van der Waals surface area contributed by atoms with Crippen LogP contribution in [0.4, 0.5) is 0 Å². The zero-order valence-electron chi connectivity index (χ0n) is 35.2. The fourth-order valence-electron chi connectivity index (χ4n) is 8.73. The molecule has 0 spiro atoms. The van der Waals surface area contributed by atoms with E-state index in [9.17, 15) is 21.0 Å². The molecule has 0 N–H and O–H groups in total. The Morgan fingerprint density at radius 2 is 0.846 bits per heavy atom. The van der Waals surface area contributed by atoms with E-state index in [4.69, 9.17) is 15.0 Å². The predicted molar refractivity (Wildman–Crippen MR) is 255 cm³/mol. The summed E-state index contributed by atoms with van der Waals surface area (Å²) in [5.74, 6) is 1.32. The van der Waals surface area contributed by atoms with Gasteiger partial charge in [0.25, 0.3) is 0 Å². The molecule has 8 heteroatoms. The van der Waals surface area contributed by atoms with Crippen molar-refractivity contribution in [2.45, 2.75) is 13.8 Å². The molecule has 10 aromatic rings. The summed E-state index contributed by atoms with van der Waals surface area (Å²) < 4.78 is 2.21. The molecular formula is C57H34N8. The van der Waals surface area contributed by atoms with Crippen molar-refractivity contribution >= 4 is 21.8 Å². The quantitative estimate of drug-likeness (QED) is 0.156. The lowest BCUT2D eigenvalue weighted by Gasteiger charge is -2.21. The standard InChI is InChI=1S/C57H34N8/c1-35-17-19-47(36(2)21-35)43-18-20-53-51(28-43)48-15-9-10-16-52(48)65(53)54-49(44-24-37(31-58)22-38(25-44)32-59)29-46(30-50(54)45-26-39(33-60)23-40(27-45)34-61)57-63-55(41-11-5-3-6-12-41)62-56(64-57)42-13-7-4-8-14-42/h3-30H,1-2H3. The minimum absolute atomic E-state index is 0.313. The van der Waals surface area contributed by atoms with Crippen LogP contribution in [0, 0.1) is 59.2 Å². The van der Waals surface area contributed by atoms with Crippen molar-refractivity contribution in [2.24, 2.45) is 0 Å². The van der Waals surface area contributed by atoms with Gasteiger partial charge in [-0.15, -0.1) is 0 Å². The maximum Gasteiger partial charge on any atom is 0.164 e. The summed E-state index contributed by atoms with van der Waals surface area (Å²) in [6.07, 6.45) is 0. The summed E-state index contributed by atoms with van der Waals surface area (Å²) in [6.45, 7) is 4.22. The molecule has 0 amide bonds. The van der Waals surface area contributed by atoms with Gasteiger partial charge >= 0.3 is 0 Å². The van der Waals surface area contributed by atoms with Crippen molar-refractivity contribution in [3.05, 3.63) is 203 Å². The van der Waals surface area contributed by atoms with Crippen molar-refractivity contribution in [1.82, 2.24) is 19.5 Å². The topological polar surface area (TPSA) is 139 Å². The van der Waals surface area contributed by atoms with Crippen LogP contribution in [0.15, 0.2) is 170 Å². The van der Waals surface area contributed by atoms with Gasteiger partial charge in [0.05, 0.1) is 63.3 Å². The highest BCUT2D eigenvalue weighted by Crippen LogP contribution is 2.45. The van der Waals surface area contributed by atoms with E-state index in [0.29, 0.717) is 73.2 Å². The summed E-state index contributed by atoms with van der Waals surface area (Å²) >= 11 is 0. The molecule has 2 heterocycles. The zero-order chi connectivity index (χ0) is 44.6. The van der Waals surface area contributed by atoms with E-state index in [1.54, 1.807) is 36.4 Å². The molecule has 0 bridgehead atoms. The third-order valence-electron chi connectivity index (χ3n) is 11.7. The van der Waals surface area contributed by atoms with Gasteiger partial charge in [-0.05, 0) is 108 Å². The third-order valence-corrected chi connectivity index (χ3v) is 11.7. The van der Waals surface area contributed by atoms with Gasteiger partial charge in [0, 0.05) is 38.6 Å². The molecule has 0 saturated carbocycles. The summed E-state index contributed by atoms with van der Waals surface area (Å²) in [6, 6.07) is 64.0. The van der Waals surface area contributed by atoms with Crippen LogP contribution in [0.25, 0.3) is 95.0 Å². The van der Waals surface area contributed by atoms with Gasteiger partial charge in [0.2, 0.25) is 0 Å². The molecular weight excluding hydrogens is 797 g/mol. The lowest BCUT2D eigenvalue weighted by molar-refractivity contribution is 1.07. The minimum Gasteiger partial charge on any atom is -0.308 e. The summed E-state index contributed by atoms with van der Waals surface area (Å²) in [4.78, 5) is 15.2. The molecule has 0 aliphatic rings. The van der Waals surface area contributed by atoms with Crippen molar-refractivity contribution in [3.8, 4) is 97.5 Å². The van der Waals surface area contributed by atoms with Crippen LogP contribution < -0.4 is 0 Å². The Kier molecular flexibility index (Phi) is 10.0. The Morgan fingerprint density at radius 1 is 0.369 bits per heavy atom. The molecule has 302 valence electrons. The molecule has 8 aromatic carbocycles. The Balaban J connectivity index is 1.37. The van der Waals surface area contributed by atoms with E-state index in [-0.39, 0.29) is 0 Å². The molecule has 0 aliphatic heterocycles. The fraction of sp³-hybridized carbons (Fsp3) is 0.0351. The maximum absolute atomic E-state index is 10.3. The Labute approximate surface area is 375 Å². The highest BCUT2D eigenvalue weighted by Gasteiger charge is 2.25. The molecule has 8 nitrogen and oxygen atoms in total. The van der Waals surface area contributed by atoms with E-state index in [2.05, 4.69) is 91.2 Å². The van der Waals surface area contributed by atoms with Gasteiger partial charge in [-0.25, -0.2) is 15.0 Å². The van der Waals surface area contributed by atoms with Gasteiger partial charge < -0.3 is 4.57 Å². The monoisotopic (exact) mass is 830 g/mol. The normalized spacial score (nSPS) is 10.9. The number of nitriles is 4. The molecule has 0 radical (unpaired) electrons. The van der Waals surface area contributed by atoms with Crippen LogP contribution >= 0.6 is 0 Å². The average molecular weight is 831 g/mol. The smallest absolute Gasteiger partial charge is 0.164 e. The average Bonchev–Trinajstić information content (AvgIpc) is 3.69. The molecule has 0 aliphatic carbocycles. The maximum atomic E-state index is 10.3. The van der Waals surface area contributed by atoms with E-state index in [0.717, 1.165) is 44.1 Å². The minimum atomic E-state index is 0.313. The van der Waals surface area contributed by atoms with Crippen LogP contribution in [0.5, 0.6) is 0 Å². The highest BCUT2D eigenvalue weighted by molar-refractivity contribution is 6.12. The van der Waals surface area contributed by atoms with Gasteiger partial charge in [0.15, 0.2) is 17.5 Å². The van der Waals surface area contributed by atoms with Crippen molar-refractivity contribution in [1.29, 1.82) is 21.0 Å². The first kappa shape index (κ1) is 39.7. The number of nitrogens with zero attached hydrogens (tertiary/aromatic N) is 8. The Hall–Kier alpha value is -9.47. The highest BCUT2D eigenvalue weighted by atomic mass is 15.0. The summed E-state index contributed by atoms with van der Waals surface area (Å²) in [7, 11) is 0. The van der Waals surface area contributed by atoms with Gasteiger partial charge in [-0.1, -0.05) is 109 Å². The van der Waals surface area contributed by atoms with Gasteiger partial charge in [-0.3, -0.25) is 0 Å². The van der Waals surface area contributed by atoms with Gasteiger partial charge in [-0.2, -0.15) is 21.0 Å². The lowest BCUT2D eigenvalue weighted by Crippen LogP contribution is -2.04. The second-order valence-electron chi connectivity index (χ2n) is 15.9. The van der Waals surface area contributed by atoms with Crippen molar-refractivity contribution < 1.29 is 0 Å². The Bertz CT molecular complexity index is 3510. The van der Waals surface area contributed by atoms with Crippen LogP contribution in [0.3, 0.4) is 0 Å². The number of hydrogen-bond acceptors (Lipinski definition) is 7. The third kappa shape index (κ3) is 7.30. The van der Waals surface area contributed by atoms with Crippen molar-refractivity contribution in [2.75, 3.05) is 0 Å². The van der Waals surface area contributed by atoms with E-state index in [1.165, 1.54) is 11.1 Å². The van der Waals surface area contributed by atoms with Crippen LogP contribution in [0.2, 0.25) is 0 Å². The number of aromatic nitrogens is 4. The van der Waals surface area contributed by atoms with E-state index >= 15 is 0 Å². The first-order valence-electron chi connectivity index (χ1n) is 20.9. The second-order valence-corrected chi connectivity index (χ2v) is 15.9. The summed E-state index contributed by atoms with van der Waals surface area (Å²) in [5, 5.41) is 43.3. The van der Waals surface area contributed by atoms with Crippen LogP contribution in [0.1, 0.15) is 33.4 Å². The second kappa shape index (κ2) is 16.4. The number of fused-ring (bicyclic) bond motifs is 3. The first-order valence-corrected chi connectivity index (χ1v) is 20.9. The van der Waals surface area contributed by atoms with Gasteiger partial charge in [0.1, 0.15) is 0 Å². The molecule has 0 fully saturated rings. The largest absolute Gasteiger partial charge is 0.308 e. The van der Waals surface area contributed by atoms with Crippen LogP contribution in [-0.4, -0.2) is 19.5 Å². The number of hydrogen-bond donors (Lipinski definition) is 0. The zero-order valence-corrected chi connectivity index (χ0v) is 35.2. The number of aryl methyl sites for hydroxylation is 2. The first-order chi connectivity index (χ1) is 31.8. The molecule has 2 aromatic heterocycles. The SMILES string of the molecule is Cc1ccc(-c2ccc3c(c2)c2ccccc2n3-c2c(-c3cc(C#N)cc(C#N)c3)cc(-c3nc(-c4ccccc4)nc(-c4ccccc4)n3)cc2-c2cc(C#N)cc(C#N)c2)c(C)c1. The van der Waals surface area contributed by atoms with Crippen LogP contribution in [-0.2, 0) is 0 Å². The van der Waals surface area contributed by atoms with Crippen molar-refractivity contribution in [3.63, 3.8) is 0 Å². The molecule has 0 saturated heterocycles. The fourth-order valence-corrected chi connectivity index (χ4v) is 8.73. The lowest BCUT2D eigenvalue weighted by atomic mass is 9.90. The molecule has 65 heavy (non-hydrogen) atoms. The Morgan fingerprint density at radius 3 is 1.35 bits per heavy atom. The molecule has 0 unspecified atom stereocenters. The molecule has 0 atom stereocenters. The summed E-state index contributed by atoms with van der Waals surface area (Å²) in [5.41, 5.74) is 13.1.